The summed E-state index contributed by atoms with van der Waals surface area (Å²) >= 11 is 5.04. The lowest BCUT2D eigenvalue weighted by Gasteiger charge is -2.16. The second kappa shape index (κ2) is 24.3. The molecule has 0 fully saturated rings. The average molecular weight is 919 g/mol. The fourth-order valence-electron chi connectivity index (χ4n) is 7.85. The molecule has 12 heteroatoms. The number of hydrogen-bond donors (Lipinski definition) is 0. The van der Waals surface area contributed by atoms with Crippen molar-refractivity contribution in [3.8, 4) is 42.0 Å². The first kappa shape index (κ1) is 47.6. The quantitative estimate of drug-likeness (QED) is 0.0398. The Morgan fingerprint density at radius 3 is 1.31 bits per heavy atom. The molecule has 0 aliphatic heterocycles. The summed E-state index contributed by atoms with van der Waals surface area (Å²) in [5.41, 5.74) is 1.27. The molecule has 0 radical (unpaired) electrons. The van der Waals surface area contributed by atoms with Gasteiger partial charge in [-0.15, -0.1) is 45.3 Å². The summed E-state index contributed by atoms with van der Waals surface area (Å²) in [4.78, 5) is 40.7. The maximum atomic E-state index is 16.4. The highest BCUT2D eigenvalue weighted by atomic mass is 32.1. The van der Waals surface area contributed by atoms with Crippen LogP contribution in [0.25, 0.3) is 53.1 Å². The third-order valence-electron chi connectivity index (χ3n) is 11.4. The molecule has 0 amide bonds. The van der Waals surface area contributed by atoms with Crippen LogP contribution >= 0.6 is 45.3 Å². The smallest absolute Gasteiger partial charge is 0.348 e. The lowest BCUT2D eigenvalue weighted by Crippen LogP contribution is -2.14. The minimum absolute atomic E-state index is 0.0316. The Morgan fingerprint density at radius 1 is 0.532 bits per heavy atom. The van der Waals surface area contributed by atoms with Crippen LogP contribution in [-0.2, 0) is 9.47 Å². The first-order valence-electron chi connectivity index (χ1n) is 22.6. The topological polar surface area (TPSA) is 78.4 Å². The number of fused-ring (bicyclic) bond motifs is 1. The monoisotopic (exact) mass is 918 g/mol. The van der Waals surface area contributed by atoms with Gasteiger partial charge in [-0.1, -0.05) is 117 Å². The zero-order chi connectivity index (χ0) is 43.8. The summed E-state index contributed by atoms with van der Waals surface area (Å²) in [6, 6.07) is 14.2. The number of aromatic nitrogens is 2. The predicted molar refractivity (Wildman–Crippen MR) is 257 cm³/mol. The van der Waals surface area contributed by atoms with Gasteiger partial charge in [-0.05, 0) is 84.7 Å². The number of nitrogens with zero attached hydrogens (tertiary/aromatic N) is 2. The fraction of sp³-hybridized carbons (Fsp3) is 0.480. The Morgan fingerprint density at radius 2 is 0.935 bits per heavy atom. The number of esters is 2. The van der Waals surface area contributed by atoms with Gasteiger partial charge in [-0.3, -0.25) is 0 Å². The molecule has 0 N–H and O–H groups in total. The molecule has 1 aromatic carbocycles. The van der Waals surface area contributed by atoms with E-state index in [1.807, 2.05) is 22.9 Å². The van der Waals surface area contributed by atoms with Crippen LogP contribution in [0.1, 0.15) is 150 Å². The zero-order valence-corrected chi connectivity index (χ0v) is 39.8. The summed E-state index contributed by atoms with van der Waals surface area (Å²) in [5.74, 6) is -2.18. The van der Waals surface area contributed by atoms with Crippen LogP contribution in [0.5, 0.6) is 0 Å². The number of rotatable bonds is 26. The molecule has 332 valence electrons. The van der Waals surface area contributed by atoms with Crippen LogP contribution in [0, 0.1) is 23.5 Å². The van der Waals surface area contributed by atoms with Gasteiger partial charge in [0.25, 0.3) is 0 Å². The lowest BCUT2D eigenvalue weighted by atomic mass is 9.96. The normalized spacial score (nSPS) is 12.5. The van der Waals surface area contributed by atoms with Gasteiger partial charge in [-0.25, -0.2) is 28.3 Å². The molecule has 6 nitrogen and oxygen atoms in total. The standard InChI is InChI=1S/C50H60F2N2O4S4/c1-5-9-13-15-21-33(19-11-7-3)31-57-49(55)39-27-25-37(61-39)45-46(38-26-28-40(62-38)50(56)58-32-34(20-12-8-4)22-16-14-10-6-2)54-48-42(36-24-18-30-60-36)44(52)43(51)41(47(48)53-45)35-23-17-29-59-35/h17-18,23-30,33-34H,5-16,19-22,31-32H2,1-4H3. The van der Waals surface area contributed by atoms with E-state index in [1.165, 1.54) is 83.9 Å². The van der Waals surface area contributed by atoms with Crippen LogP contribution in [0.15, 0.2) is 59.3 Å². The Balaban J connectivity index is 1.38. The molecule has 6 aromatic rings. The molecule has 0 spiro atoms. The van der Waals surface area contributed by atoms with Crippen molar-refractivity contribution in [3.63, 3.8) is 0 Å². The highest BCUT2D eigenvalue weighted by molar-refractivity contribution is 7.18. The van der Waals surface area contributed by atoms with Crippen LogP contribution in [0.2, 0.25) is 0 Å². The maximum absolute atomic E-state index is 16.4. The summed E-state index contributed by atoms with van der Waals surface area (Å²) < 4.78 is 44.7. The summed E-state index contributed by atoms with van der Waals surface area (Å²) in [7, 11) is 0. The van der Waals surface area contributed by atoms with Gasteiger partial charge < -0.3 is 9.47 Å². The molecule has 2 unspecified atom stereocenters. The Labute approximate surface area is 382 Å². The van der Waals surface area contributed by atoms with Gasteiger partial charge >= 0.3 is 11.9 Å². The Kier molecular flexibility index (Phi) is 18.7. The van der Waals surface area contributed by atoms with E-state index in [-0.39, 0.29) is 22.2 Å². The van der Waals surface area contributed by atoms with Gasteiger partial charge in [0.1, 0.15) is 32.2 Å². The Hall–Kier alpha value is -3.84. The molecule has 5 aromatic heterocycles. The van der Waals surface area contributed by atoms with Gasteiger partial charge in [-0.2, -0.15) is 0 Å². The molecule has 0 bridgehead atoms. The van der Waals surface area contributed by atoms with Crippen molar-refractivity contribution in [1.82, 2.24) is 9.97 Å². The summed E-state index contributed by atoms with van der Waals surface area (Å²) in [5, 5.41) is 3.63. The number of carbonyl (C=O) groups is 2. The second-order valence-corrected chi connectivity index (χ2v) is 20.3. The molecule has 0 aliphatic carbocycles. The van der Waals surface area contributed by atoms with E-state index < -0.39 is 23.6 Å². The number of unbranched alkanes of at least 4 members (excludes halogenated alkanes) is 8. The molecule has 6 rings (SSSR count). The molecule has 0 saturated carbocycles. The van der Waals surface area contributed by atoms with Crippen LogP contribution in [0.4, 0.5) is 8.78 Å². The van der Waals surface area contributed by atoms with Gasteiger partial charge in [0.05, 0.1) is 34.1 Å². The van der Waals surface area contributed by atoms with Crippen molar-refractivity contribution in [2.75, 3.05) is 13.2 Å². The van der Waals surface area contributed by atoms with Crippen molar-refractivity contribution in [2.24, 2.45) is 11.8 Å². The van der Waals surface area contributed by atoms with Crippen molar-refractivity contribution < 1.29 is 27.8 Å². The van der Waals surface area contributed by atoms with Crippen molar-refractivity contribution >= 4 is 68.3 Å². The van der Waals surface area contributed by atoms with E-state index in [1.54, 1.807) is 36.4 Å². The Bertz CT molecular complexity index is 2160. The van der Waals surface area contributed by atoms with E-state index in [2.05, 4.69) is 27.7 Å². The molecular weight excluding hydrogens is 859 g/mol. The van der Waals surface area contributed by atoms with E-state index >= 15 is 8.78 Å². The van der Waals surface area contributed by atoms with Crippen LogP contribution in [-0.4, -0.2) is 35.1 Å². The molecular formula is C50H60F2N2O4S4. The molecule has 0 saturated heterocycles. The summed E-state index contributed by atoms with van der Waals surface area (Å²) in [6.45, 7) is 9.50. The van der Waals surface area contributed by atoms with Crippen LogP contribution < -0.4 is 0 Å². The first-order chi connectivity index (χ1) is 30.3. The fourth-order valence-corrected chi connectivity index (χ4v) is 11.2. The molecule has 0 aliphatic rings. The van der Waals surface area contributed by atoms with E-state index in [4.69, 9.17) is 19.4 Å². The van der Waals surface area contributed by atoms with Gasteiger partial charge in [0, 0.05) is 9.75 Å². The average Bonchev–Trinajstić information content (AvgIpc) is 4.14. The lowest BCUT2D eigenvalue weighted by molar-refractivity contribution is 0.0419. The van der Waals surface area contributed by atoms with Crippen LogP contribution in [0.3, 0.4) is 0 Å². The number of carbonyl (C=O) groups excluding carboxylic acids is 2. The highest BCUT2D eigenvalue weighted by Crippen LogP contribution is 2.45. The number of benzene rings is 1. The minimum Gasteiger partial charge on any atom is -0.461 e. The van der Waals surface area contributed by atoms with Crippen molar-refractivity contribution in [2.45, 2.75) is 130 Å². The molecule has 62 heavy (non-hydrogen) atoms. The van der Waals surface area contributed by atoms with E-state index in [0.29, 0.717) is 65.7 Å². The van der Waals surface area contributed by atoms with Crippen molar-refractivity contribution in [3.05, 3.63) is 80.7 Å². The van der Waals surface area contributed by atoms with E-state index in [0.717, 1.165) is 64.2 Å². The number of ether oxygens (including phenoxy) is 2. The summed E-state index contributed by atoms with van der Waals surface area (Å²) in [6.07, 6.45) is 17.9. The highest BCUT2D eigenvalue weighted by Gasteiger charge is 2.29. The largest absolute Gasteiger partial charge is 0.461 e. The zero-order valence-electron chi connectivity index (χ0n) is 36.6. The van der Waals surface area contributed by atoms with Gasteiger partial charge in [0.15, 0.2) is 11.6 Å². The second-order valence-electron chi connectivity index (χ2n) is 16.2. The van der Waals surface area contributed by atoms with E-state index in [9.17, 15) is 9.59 Å². The number of hydrogen-bond acceptors (Lipinski definition) is 10. The van der Waals surface area contributed by atoms with Crippen molar-refractivity contribution in [1.29, 1.82) is 0 Å². The third kappa shape index (κ3) is 12.2. The minimum atomic E-state index is -0.997. The molecule has 5 heterocycles. The van der Waals surface area contributed by atoms with Gasteiger partial charge in [0.2, 0.25) is 0 Å². The number of thiophene rings is 4. The predicted octanol–water partition coefficient (Wildman–Crippen LogP) is 16.7. The number of halogens is 2. The SMILES string of the molecule is CCCCCCC(CCCC)COC(=O)c1ccc(-c2nc3c(-c4cccs4)c(F)c(F)c(-c4cccs4)c3nc2-c2ccc(C(=O)OCC(CCCC)CCCCCC)s2)s1. The molecule has 2 atom stereocenters. The first-order valence-corrected chi connectivity index (χ1v) is 26.0. The maximum Gasteiger partial charge on any atom is 0.348 e. The third-order valence-corrected chi connectivity index (χ3v) is 15.3.